The molecule has 3 nitrogen and oxygen atoms in total. The molecule has 1 fully saturated rings. The Morgan fingerprint density at radius 1 is 1.53 bits per heavy atom. The molecule has 2 rings (SSSR count). The van der Waals surface area contributed by atoms with Crippen molar-refractivity contribution < 1.29 is 9.90 Å². The first-order valence-corrected chi connectivity index (χ1v) is 7.34. The summed E-state index contributed by atoms with van der Waals surface area (Å²) in [5.74, 6) is 0.683. The number of phenols is 1. The fourth-order valence-electron chi connectivity index (χ4n) is 2.70. The normalized spacial score (nSPS) is 18.8. The van der Waals surface area contributed by atoms with Crippen molar-refractivity contribution in [2.24, 2.45) is 0 Å². The Kier molecular flexibility index (Phi) is 4.70. The molecule has 1 aliphatic heterocycles. The monoisotopic (exact) mass is 281 g/mol. The lowest BCUT2D eigenvalue weighted by Gasteiger charge is -2.25. The van der Waals surface area contributed by atoms with Crippen LogP contribution in [0.15, 0.2) is 18.2 Å². The minimum atomic E-state index is -0.0572. The van der Waals surface area contributed by atoms with Gasteiger partial charge in [-0.1, -0.05) is 12.1 Å². The lowest BCUT2D eigenvalue weighted by molar-refractivity contribution is 0.0727. The maximum absolute atomic E-state index is 12.5. The number of likely N-dealkylation sites (tertiary alicyclic amines) is 1. The van der Waals surface area contributed by atoms with Crippen molar-refractivity contribution in [3.63, 3.8) is 0 Å². The molecule has 1 unspecified atom stereocenters. The van der Waals surface area contributed by atoms with Gasteiger partial charge in [-0.15, -0.1) is 11.6 Å². The molecule has 1 N–H and O–H groups in total. The number of alkyl halides is 1. The summed E-state index contributed by atoms with van der Waals surface area (Å²) in [5.41, 5.74) is 1.15. The van der Waals surface area contributed by atoms with E-state index in [-0.39, 0.29) is 17.7 Å². The molecule has 1 amide bonds. The number of amides is 1. The van der Waals surface area contributed by atoms with Gasteiger partial charge in [0.05, 0.1) is 5.56 Å². The van der Waals surface area contributed by atoms with E-state index in [0.717, 1.165) is 37.8 Å². The van der Waals surface area contributed by atoms with Gasteiger partial charge in [-0.05, 0) is 44.2 Å². The van der Waals surface area contributed by atoms with Crippen molar-refractivity contribution in [1.29, 1.82) is 0 Å². The standard InChI is InChI=1S/C15H20ClNO2/c1-11-5-2-8-13(14(11)18)15(19)17-10-4-7-12(17)6-3-9-16/h2,5,8,12,18H,3-4,6-7,9-10H2,1H3. The van der Waals surface area contributed by atoms with E-state index in [4.69, 9.17) is 11.6 Å². The number of para-hydroxylation sites is 1. The third kappa shape index (κ3) is 3.03. The Hall–Kier alpha value is -1.22. The zero-order valence-corrected chi connectivity index (χ0v) is 12.0. The van der Waals surface area contributed by atoms with Crippen molar-refractivity contribution in [2.75, 3.05) is 12.4 Å². The summed E-state index contributed by atoms with van der Waals surface area (Å²) in [6.07, 6.45) is 3.94. The highest BCUT2D eigenvalue weighted by molar-refractivity contribution is 6.17. The van der Waals surface area contributed by atoms with Crippen LogP contribution in [-0.4, -0.2) is 34.4 Å². The molecule has 0 saturated carbocycles. The zero-order chi connectivity index (χ0) is 13.8. The first-order valence-electron chi connectivity index (χ1n) is 6.80. The van der Waals surface area contributed by atoms with Crippen LogP contribution in [0.5, 0.6) is 5.75 Å². The van der Waals surface area contributed by atoms with Crippen LogP contribution in [0.1, 0.15) is 41.6 Å². The van der Waals surface area contributed by atoms with Gasteiger partial charge in [-0.25, -0.2) is 0 Å². The largest absolute Gasteiger partial charge is 0.507 e. The summed E-state index contributed by atoms with van der Waals surface area (Å²) in [6, 6.07) is 5.58. The van der Waals surface area contributed by atoms with Gasteiger partial charge in [0.25, 0.3) is 5.91 Å². The average molecular weight is 282 g/mol. The number of aryl methyl sites for hydroxylation is 1. The van der Waals surface area contributed by atoms with E-state index in [9.17, 15) is 9.90 Å². The van der Waals surface area contributed by atoms with Crippen LogP contribution in [-0.2, 0) is 0 Å². The summed E-state index contributed by atoms with van der Waals surface area (Å²) in [6.45, 7) is 2.58. The van der Waals surface area contributed by atoms with Gasteiger partial charge in [-0.3, -0.25) is 4.79 Å². The Morgan fingerprint density at radius 2 is 2.32 bits per heavy atom. The van der Waals surface area contributed by atoms with Crippen molar-refractivity contribution >= 4 is 17.5 Å². The number of carbonyl (C=O) groups excluding carboxylic acids is 1. The molecule has 1 heterocycles. The predicted molar refractivity (Wildman–Crippen MR) is 76.9 cm³/mol. The number of phenolic OH excluding ortho intramolecular Hbond substituents is 1. The maximum atomic E-state index is 12.5. The van der Waals surface area contributed by atoms with E-state index in [1.54, 1.807) is 19.1 Å². The minimum absolute atomic E-state index is 0.0572. The van der Waals surface area contributed by atoms with Crippen LogP contribution in [0.25, 0.3) is 0 Å². The van der Waals surface area contributed by atoms with Crippen molar-refractivity contribution in [2.45, 2.75) is 38.6 Å². The SMILES string of the molecule is Cc1cccc(C(=O)N2CCCC2CCCCl)c1O. The average Bonchev–Trinajstić information content (AvgIpc) is 2.87. The van der Waals surface area contributed by atoms with Crippen LogP contribution in [0.4, 0.5) is 0 Å². The maximum Gasteiger partial charge on any atom is 0.257 e. The van der Waals surface area contributed by atoms with Crippen LogP contribution < -0.4 is 0 Å². The summed E-state index contributed by atoms with van der Waals surface area (Å²) in [5, 5.41) is 10.0. The molecule has 1 aromatic rings. The number of aromatic hydroxyl groups is 1. The molecule has 0 aliphatic carbocycles. The third-order valence-corrected chi connectivity index (χ3v) is 4.04. The summed E-state index contributed by atoms with van der Waals surface area (Å²) in [7, 11) is 0. The fourth-order valence-corrected chi connectivity index (χ4v) is 2.86. The van der Waals surface area contributed by atoms with Gasteiger partial charge in [0, 0.05) is 18.5 Å². The predicted octanol–water partition coefficient (Wildman–Crippen LogP) is 3.32. The molecule has 1 atom stereocenters. The van der Waals surface area contributed by atoms with Gasteiger partial charge in [0.15, 0.2) is 0 Å². The molecule has 1 aromatic carbocycles. The van der Waals surface area contributed by atoms with Gasteiger partial charge in [0.2, 0.25) is 0 Å². The second kappa shape index (κ2) is 6.29. The Morgan fingerprint density at radius 3 is 3.05 bits per heavy atom. The van der Waals surface area contributed by atoms with Crippen molar-refractivity contribution in [3.05, 3.63) is 29.3 Å². The van der Waals surface area contributed by atoms with Gasteiger partial charge in [-0.2, -0.15) is 0 Å². The highest BCUT2D eigenvalue weighted by atomic mass is 35.5. The number of halogens is 1. The van der Waals surface area contributed by atoms with Crippen LogP contribution >= 0.6 is 11.6 Å². The number of hydrogen-bond donors (Lipinski definition) is 1. The molecule has 0 bridgehead atoms. The van der Waals surface area contributed by atoms with Gasteiger partial charge in [0.1, 0.15) is 5.75 Å². The summed E-state index contributed by atoms with van der Waals surface area (Å²) >= 11 is 5.73. The second-order valence-electron chi connectivity index (χ2n) is 5.10. The first kappa shape index (κ1) is 14.2. The summed E-state index contributed by atoms with van der Waals surface area (Å²) < 4.78 is 0. The molecule has 0 aromatic heterocycles. The topological polar surface area (TPSA) is 40.5 Å². The van der Waals surface area contributed by atoms with Crippen LogP contribution in [0.2, 0.25) is 0 Å². The lowest BCUT2D eigenvalue weighted by atomic mass is 10.1. The number of hydrogen-bond acceptors (Lipinski definition) is 2. The molecule has 0 radical (unpaired) electrons. The van der Waals surface area contributed by atoms with E-state index in [0.29, 0.717) is 11.4 Å². The fraction of sp³-hybridized carbons (Fsp3) is 0.533. The van der Waals surface area contributed by atoms with E-state index in [1.165, 1.54) is 0 Å². The van der Waals surface area contributed by atoms with Crippen molar-refractivity contribution in [1.82, 2.24) is 4.90 Å². The smallest absolute Gasteiger partial charge is 0.257 e. The zero-order valence-electron chi connectivity index (χ0n) is 11.2. The Balaban J connectivity index is 2.16. The minimum Gasteiger partial charge on any atom is -0.507 e. The number of carbonyl (C=O) groups is 1. The molecule has 19 heavy (non-hydrogen) atoms. The highest BCUT2D eigenvalue weighted by Gasteiger charge is 2.30. The van der Waals surface area contributed by atoms with Crippen LogP contribution in [0, 0.1) is 6.92 Å². The molecule has 1 aliphatic rings. The van der Waals surface area contributed by atoms with Gasteiger partial charge < -0.3 is 10.0 Å². The highest BCUT2D eigenvalue weighted by Crippen LogP contribution is 2.28. The molecular formula is C15H20ClNO2. The molecule has 1 saturated heterocycles. The van der Waals surface area contributed by atoms with Crippen molar-refractivity contribution in [3.8, 4) is 5.75 Å². The molecule has 4 heteroatoms. The number of nitrogens with zero attached hydrogens (tertiary/aromatic N) is 1. The molecule has 104 valence electrons. The Bertz CT molecular complexity index is 461. The Labute approximate surface area is 119 Å². The van der Waals surface area contributed by atoms with E-state index >= 15 is 0 Å². The quantitative estimate of drug-likeness (QED) is 0.860. The molecule has 0 spiro atoms. The number of benzene rings is 1. The third-order valence-electron chi connectivity index (χ3n) is 3.78. The number of rotatable bonds is 4. The summed E-state index contributed by atoms with van der Waals surface area (Å²) in [4.78, 5) is 14.4. The lowest BCUT2D eigenvalue weighted by Crippen LogP contribution is -2.35. The second-order valence-corrected chi connectivity index (χ2v) is 5.47. The first-order chi connectivity index (χ1) is 9.15. The van der Waals surface area contributed by atoms with E-state index in [1.807, 2.05) is 11.0 Å². The molecular weight excluding hydrogens is 262 g/mol. The van der Waals surface area contributed by atoms with E-state index in [2.05, 4.69) is 0 Å². The van der Waals surface area contributed by atoms with Gasteiger partial charge >= 0.3 is 0 Å². The van der Waals surface area contributed by atoms with Crippen LogP contribution in [0.3, 0.4) is 0 Å². The van der Waals surface area contributed by atoms with E-state index < -0.39 is 0 Å².